The lowest BCUT2D eigenvalue weighted by Gasteiger charge is -2.15. The second-order valence-electron chi connectivity index (χ2n) is 3.90. The van der Waals surface area contributed by atoms with E-state index in [4.69, 9.17) is 5.73 Å². The highest BCUT2D eigenvalue weighted by Crippen LogP contribution is 2.31. The third-order valence-corrected chi connectivity index (χ3v) is 4.79. The second kappa shape index (κ2) is 4.70. The summed E-state index contributed by atoms with van der Waals surface area (Å²) in [7, 11) is 0. The summed E-state index contributed by atoms with van der Waals surface area (Å²) in [5, 5.41) is 2.10. The molecule has 1 atom stereocenters. The second-order valence-corrected chi connectivity index (χ2v) is 5.70. The van der Waals surface area contributed by atoms with Gasteiger partial charge in [-0.25, -0.2) is 0 Å². The maximum Gasteiger partial charge on any atom is 0.0651 e. The van der Waals surface area contributed by atoms with Crippen LogP contribution in [0.3, 0.4) is 0 Å². The average Bonchev–Trinajstić information content (AvgIpc) is 2.68. The number of rotatable bonds is 2. The standard InChI is InChI=1S/C13H14BrNS/c1-8-6-7-16-13(8)12(15)10-4-3-5-11(14)9(10)2/h3-7,12H,15H2,1-2H3. The first-order valence-corrected chi connectivity index (χ1v) is 6.83. The van der Waals surface area contributed by atoms with Gasteiger partial charge < -0.3 is 5.73 Å². The van der Waals surface area contributed by atoms with E-state index in [0.29, 0.717) is 0 Å². The molecular formula is C13H14BrNS. The third kappa shape index (κ3) is 2.08. The van der Waals surface area contributed by atoms with Gasteiger partial charge in [0.15, 0.2) is 0 Å². The normalized spacial score (nSPS) is 12.8. The minimum atomic E-state index is -0.0162. The van der Waals surface area contributed by atoms with E-state index in [1.165, 1.54) is 21.6 Å². The summed E-state index contributed by atoms with van der Waals surface area (Å²) in [6, 6.07) is 8.29. The molecule has 0 saturated heterocycles. The van der Waals surface area contributed by atoms with Gasteiger partial charge in [-0.1, -0.05) is 28.1 Å². The lowest BCUT2D eigenvalue weighted by molar-refractivity contribution is 0.873. The Bertz CT molecular complexity index is 504. The predicted molar refractivity (Wildman–Crippen MR) is 74.0 cm³/mol. The van der Waals surface area contributed by atoms with Gasteiger partial charge in [-0.3, -0.25) is 0 Å². The van der Waals surface area contributed by atoms with Crippen LogP contribution in [0.15, 0.2) is 34.1 Å². The summed E-state index contributed by atoms with van der Waals surface area (Å²) in [4.78, 5) is 1.25. The van der Waals surface area contributed by atoms with Gasteiger partial charge in [0, 0.05) is 9.35 Å². The molecule has 1 aromatic heterocycles. The maximum atomic E-state index is 6.32. The topological polar surface area (TPSA) is 26.0 Å². The van der Waals surface area contributed by atoms with Gasteiger partial charge in [-0.2, -0.15) is 0 Å². The Balaban J connectivity index is 2.46. The van der Waals surface area contributed by atoms with Crippen LogP contribution in [-0.4, -0.2) is 0 Å². The number of nitrogens with two attached hydrogens (primary N) is 1. The Hall–Kier alpha value is -0.640. The van der Waals surface area contributed by atoms with Gasteiger partial charge in [-0.15, -0.1) is 11.3 Å². The van der Waals surface area contributed by atoms with Crippen LogP contribution in [0.4, 0.5) is 0 Å². The Morgan fingerprint density at radius 3 is 2.62 bits per heavy atom. The summed E-state index contributed by atoms with van der Waals surface area (Å²) in [6.07, 6.45) is 0. The molecule has 0 radical (unpaired) electrons. The van der Waals surface area contributed by atoms with Gasteiger partial charge in [0.05, 0.1) is 6.04 Å². The molecule has 1 heterocycles. The molecule has 0 aliphatic heterocycles. The fraction of sp³-hybridized carbons (Fsp3) is 0.231. The highest BCUT2D eigenvalue weighted by molar-refractivity contribution is 9.10. The molecule has 84 valence electrons. The zero-order valence-electron chi connectivity index (χ0n) is 9.33. The van der Waals surface area contributed by atoms with Crippen molar-refractivity contribution in [3.63, 3.8) is 0 Å². The first-order chi connectivity index (χ1) is 7.61. The molecule has 0 bridgehead atoms. The highest BCUT2D eigenvalue weighted by Gasteiger charge is 2.15. The lowest BCUT2D eigenvalue weighted by atomic mass is 9.99. The third-order valence-electron chi connectivity index (χ3n) is 2.83. The highest BCUT2D eigenvalue weighted by atomic mass is 79.9. The van der Waals surface area contributed by atoms with Crippen molar-refractivity contribution >= 4 is 27.3 Å². The van der Waals surface area contributed by atoms with Crippen molar-refractivity contribution in [1.82, 2.24) is 0 Å². The van der Waals surface area contributed by atoms with Gasteiger partial charge in [0.1, 0.15) is 0 Å². The largest absolute Gasteiger partial charge is 0.320 e. The van der Waals surface area contributed by atoms with Crippen molar-refractivity contribution in [2.75, 3.05) is 0 Å². The summed E-state index contributed by atoms with van der Waals surface area (Å²) >= 11 is 5.27. The lowest BCUT2D eigenvalue weighted by Crippen LogP contribution is -2.12. The van der Waals surface area contributed by atoms with E-state index in [-0.39, 0.29) is 6.04 Å². The number of thiophene rings is 1. The van der Waals surface area contributed by atoms with Crippen molar-refractivity contribution in [2.24, 2.45) is 5.73 Å². The number of hydrogen-bond acceptors (Lipinski definition) is 2. The van der Waals surface area contributed by atoms with Crippen molar-refractivity contribution < 1.29 is 0 Å². The summed E-state index contributed by atoms with van der Waals surface area (Å²) < 4.78 is 1.12. The molecule has 0 saturated carbocycles. The molecule has 1 aromatic carbocycles. The zero-order valence-corrected chi connectivity index (χ0v) is 11.7. The van der Waals surface area contributed by atoms with Crippen molar-refractivity contribution in [2.45, 2.75) is 19.9 Å². The molecule has 0 spiro atoms. The van der Waals surface area contributed by atoms with E-state index in [1.54, 1.807) is 11.3 Å². The molecule has 2 N–H and O–H groups in total. The van der Waals surface area contributed by atoms with E-state index in [9.17, 15) is 0 Å². The molecule has 3 heteroatoms. The number of halogens is 1. The fourth-order valence-corrected chi connectivity index (χ4v) is 3.13. The first-order valence-electron chi connectivity index (χ1n) is 5.16. The number of aryl methyl sites for hydroxylation is 1. The van der Waals surface area contributed by atoms with E-state index in [1.807, 2.05) is 12.1 Å². The van der Waals surface area contributed by atoms with Crippen LogP contribution < -0.4 is 5.73 Å². The molecule has 1 nitrogen and oxygen atoms in total. The van der Waals surface area contributed by atoms with Gasteiger partial charge in [-0.05, 0) is 48.1 Å². The van der Waals surface area contributed by atoms with E-state index < -0.39 is 0 Å². The van der Waals surface area contributed by atoms with Crippen molar-refractivity contribution in [3.8, 4) is 0 Å². The molecule has 0 aliphatic carbocycles. The van der Waals surface area contributed by atoms with Crippen LogP contribution in [0.1, 0.15) is 27.6 Å². The first kappa shape index (κ1) is 11.8. The molecule has 1 unspecified atom stereocenters. The van der Waals surface area contributed by atoms with Crippen molar-refractivity contribution in [3.05, 3.63) is 55.7 Å². The van der Waals surface area contributed by atoms with Crippen molar-refractivity contribution in [1.29, 1.82) is 0 Å². The Labute approximate surface area is 108 Å². The molecule has 16 heavy (non-hydrogen) atoms. The minimum Gasteiger partial charge on any atom is -0.320 e. The van der Waals surface area contributed by atoms with E-state index >= 15 is 0 Å². The molecule has 2 rings (SSSR count). The van der Waals surface area contributed by atoms with E-state index in [2.05, 4.69) is 47.3 Å². The number of hydrogen-bond donors (Lipinski definition) is 1. The Kier molecular flexibility index (Phi) is 3.47. The van der Waals surface area contributed by atoms with E-state index in [0.717, 1.165) is 4.47 Å². The quantitative estimate of drug-likeness (QED) is 0.884. The van der Waals surface area contributed by atoms with Crippen LogP contribution in [0.2, 0.25) is 0 Å². The molecule has 0 aliphatic rings. The predicted octanol–water partition coefficient (Wildman–Crippen LogP) is 4.18. The SMILES string of the molecule is Cc1ccsc1C(N)c1cccc(Br)c1C. The van der Waals surface area contributed by atoms with Gasteiger partial charge in [0.2, 0.25) is 0 Å². The number of benzene rings is 1. The molecule has 0 amide bonds. The monoisotopic (exact) mass is 295 g/mol. The van der Waals surface area contributed by atoms with Gasteiger partial charge >= 0.3 is 0 Å². The van der Waals surface area contributed by atoms with Gasteiger partial charge in [0.25, 0.3) is 0 Å². The maximum absolute atomic E-state index is 6.32. The average molecular weight is 296 g/mol. The van der Waals surface area contributed by atoms with Crippen LogP contribution >= 0.6 is 27.3 Å². The minimum absolute atomic E-state index is 0.0162. The zero-order chi connectivity index (χ0) is 11.7. The van der Waals surface area contributed by atoms with Crippen LogP contribution in [0, 0.1) is 13.8 Å². The van der Waals surface area contributed by atoms with Crippen LogP contribution in [-0.2, 0) is 0 Å². The fourth-order valence-electron chi connectivity index (χ4n) is 1.81. The summed E-state index contributed by atoms with van der Waals surface area (Å²) in [6.45, 7) is 4.21. The Morgan fingerprint density at radius 2 is 2.00 bits per heavy atom. The molecular weight excluding hydrogens is 282 g/mol. The molecule has 2 aromatic rings. The smallest absolute Gasteiger partial charge is 0.0651 e. The molecule has 0 fully saturated rings. The van der Waals surface area contributed by atoms with Crippen LogP contribution in [0.25, 0.3) is 0 Å². The Morgan fingerprint density at radius 1 is 1.25 bits per heavy atom. The summed E-state index contributed by atoms with van der Waals surface area (Å²) in [5.41, 5.74) is 10.0. The van der Waals surface area contributed by atoms with Crippen LogP contribution in [0.5, 0.6) is 0 Å². The summed E-state index contributed by atoms with van der Waals surface area (Å²) in [5.74, 6) is 0.